The van der Waals surface area contributed by atoms with E-state index in [0.29, 0.717) is 0 Å². The van der Waals surface area contributed by atoms with Crippen LogP contribution in [0.4, 0.5) is 13.2 Å². The smallest absolute Gasteiger partial charge is 0.408 e. The summed E-state index contributed by atoms with van der Waals surface area (Å²) in [6.07, 6.45) is -6.29. The van der Waals surface area contributed by atoms with Gasteiger partial charge in [0, 0.05) is 14.0 Å². The Balaban J connectivity index is 2.15. The molecule has 0 unspecified atom stereocenters. The fourth-order valence-electron chi connectivity index (χ4n) is 2.06. The minimum atomic E-state index is -4.42. The number of ether oxygens (including phenoxy) is 2. The van der Waals surface area contributed by atoms with Crippen molar-refractivity contribution in [3.8, 4) is 5.75 Å². The van der Waals surface area contributed by atoms with Crippen LogP contribution in [-0.4, -0.2) is 40.2 Å². The number of carbonyl (C=O) groups is 1. The van der Waals surface area contributed by atoms with Gasteiger partial charge in [-0.1, -0.05) is 18.2 Å². The van der Waals surface area contributed by atoms with Crippen LogP contribution in [0.2, 0.25) is 0 Å². The molecule has 0 bridgehead atoms. The second kappa shape index (κ2) is 8.02. The Kier molecular flexibility index (Phi) is 5.54. The Hall–Kier alpha value is -2.55. The first-order valence-electron chi connectivity index (χ1n) is 7.78. The Morgan fingerprint density at radius 1 is 1.40 bits per heavy atom. The van der Waals surface area contributed by atoms with Gasteiger partial charge in [0.05, 0.1) is 12.8 Å². The molecule has 0 saturated carbocycles. The molecule has 0 aliphatic rings. The molecular weight excluding hydrogens is 341 g/mol. The van der Waals surface area contributed by atoms with Crippen molar-refractivity contribution in [2.24, 2.45) is 0 Å². The number of methoxy groups -OCH3 is 1. The predicted molar refractivity (Wildman–Crippen MR) is 80.8 cm³/mol. The molecule has 0 aliphatic heterocycles. The lowest BCUT2D eigenvalue weighted by Crippen LogP contribution is -2.24. The third-order valence-electron chi connectivity index (χ3n) is 3.21. The fourth-order valence-corrected chi connectivity index (χ4v) is 2.06. The zero-order valence-corrected chi connectivity index (χ0v) is 13.2. The Morgan fingerprint density at radius 2 is 2.12 bits per heavy atom. The van der Waals surface area contributed by atoms with Gasteiger partial charge in [-0.25, -0.2) is 4.79 Å². The highest BCUT2D eigenvalue weighted by atomic mass is 19.4. The van der Waals surface area contributed by atoms with E-state index < -0.39 is 31.2 Å². The molecule has 0 aliphatic carbocycles. The van der Waals surface area contributed by atoms with Gasteiger partial charge in [-0.05, 0) is 17.7 Å². The zero-order chi connectivity index (χ0) is 19.3. The molecule has 136 valence electrons. The van der Waals surface area contributed by atoms with Crippen molar-refractivity contribution in [3.05, 3.63) is 47.8 Å². The number of esters is 1. The molecule has 6 nitrogen and oxygen atoms in total. The maximum atomic E-state index is 12.5. The molecule has 0 saturated heterocycles. The van der Waals surface area contributed by atoms with E-state index in [1.165, 1.54) is 24.4 Å². The number of halogens is 3. The van der Waals surface area contributed by atoms with Gasteiger partial charge in [0.1, 0.15) is 18.9 Å². The van der Waals surface area contributed by atoms with Crippen molar-refractivity contribution in [1.82, 2.24) is 9.78 Å². The molecule has 9 heteroatoms. The van der Waals surface area contributed by atoms with Crippen molar-refractivity contribution in [2.45, 2.75) is 31.8 Å². The molecule has 2 rings (SSSR count). The lowest BCUT2D eigenvalue weighted by Gasteiger charge is -2.15. The summed E-state index contributed by atoms with van der Waals surface area (Å²) < 4.78 is 56.3. The van der Waals surface area contributed by atoms with Gasteiger partial charge in [0.25, 0.3) is 0 Å². The van der Waals surface area contributed by atoms with Gasteiger partial charge in [-0.2, -0.15) is 18.3 Å². The molecule has 1 aromatic carbocycles. The van der Waals surface area contributed by atoms with E-state index in [9.17, 15) is 23.1 Å². The molecule has 25 heavy (non-hydrogen) atoms. The predicted octanol–water partition coefficient (Wildman–Crippen LogP) is 2.10. The van der Waals surface area contributed by atoms with Crippen molar-refractivity contribution in [2.75, 3.05) is 7.11 Å². The van der Waals surface area contributed by atoms with E-state index in [1.807, 2.05) is 0 Å². The minimum absolute atomic E-state index is 0.162. The Labute approximate surface area is 143 Å². The highest BCUT2D eigenvalue weighted by Gasteiger charge is 2.29. The average molecular weight is 359 g/mol. The van der Waals surface area contributed by atoms with Crippen molar-refractivity contribution in [3.63, 3.8) is 0 Å². The number of carbonyl (C=O) groups excluding carboxylic acids is 1. The lowest BCUT2D eigenvalue weighted by atomic mass is 10.1. The number of hydrogen-bond acceptors (Lipinski definition) is 5. The second-order valence-electron chi connectivity index (χ2n) is 5.06. The number of aromatic nitrogens is 2. The Bertz CT molecular complexity index is 751. The highest BCUT2D eigenvalue weighted by Crippen LogP contribution is 2.22. The summed E-state index contributed by atoms with van der Waals surface area (Å²) in [5, 5.41) is 13.4. The summed E-state index contributed by atoms with van der Waals surface area (Å²) in [6, 6.07) is 7.54. The third-order valence-corrected chi connectivity index (χ3v) is 3.21. The van der Waals surface area contributed by atoms with Crippen molar-refractivity contribution < 1.29 is 33.9 Å². The largest absolute Gasteiger partial charge is 0.487 e. The van der Waals surface area contributed by atoms with Crippen LogP contribution in [0.25, 0.3) is 0 Å². The van der Waals surface area contributed by atoms with Crippen LogP contribution in [0.15, 0.2) is 36.5 Å². The van der Waals surface area contributed by atoms with Crippen LogP contribution in [0, 0.1) is 0 Å². The second-order valence-corrected chi connectivity index (χ2v) is 5.06. The van der Waals surface area contributed by atoms with Crippen LogP contribution < -0.4 is 4.74 Å². The molecule has 0 amide bonds. The van der Waals surface area contributed by atoms with Gasteiger partial charge in [0.15, 0.2) is 6.10 Å². The minimum Gasteiger partial charge on any atom is -0.487 e. The number of alkyl halides is 3. The first-order valence-corrected chi connectivity index (χ1v) is 7.20. The summed E-state index contributed by atoms with van der Waals surface area (Å²) in [6.45, 7) is -1.48. The number of aliphatic hydroxyl groups is 1. The first-order chi connectivity index (χ1) is 12.2. The van der Waals surface area contributed by atoms with E-state index in [-0.39, 0.29) is 23.6 Å². The molecule has 0 radical (unpaired) electrons. The van der Waals surface area contributed by atoms with Crippen LogP contribution in [0.1, 0.15) is 12.6 Å². The van der Waals surface area contributed by atoms with Gasteiger partial charge in [-0.15, -0.1) is 0 Å². The summed E-state index contributed by atoms with van der Waals surface area (Å²) in [7, 11) is 1.09. The van der Waals surface area contributed by atoms with Gasteiger partial charge >= 0.3 is 12.1 Å². The van der Waals surface area contributed by atoms with Gasteiger partial charge in [0.2, 0.25) is 0 Å². The Morgan fingerprint density at radius 3 is 2.80 bits per heavy atom. The number of benzene rings is 1. The fraction of sp³-hybridized carbons (Fsp3) is 0.375. The molecule has 1 aromatic heterocycles. The first kappa shape index (κ1) is 17.3. The molecular formula is C16H17F3N2O4. The van der Waals surface area contributed by atoms with Crippen LogP contribution >= 0.6 is 0 Å². The average Bonchev–Trinajstić information content (AvgIpc) is 3.03. The van der Waals surface area contributed by atoms with E-state index in [2.05, 4.69) is 9.84 Å². The molecule has 0 spiro atoms. The summed E-state index contributed by atoms with van der Waals surface area (Å²) >= 11 is 0. The van der Waals surface area contributed by atoms with Gasteiger partial charge in [-0.3, -0.25) is 4.68 Å². The SMILES string of the molecule is [2H][C@@H](c1ccccc1OCc1ccnn1CC(F)(F)F)[C@H](O)C(=O)OC. The number of hydrogen-bond donors (Lipinski definition) is 1. The summed E-state index contributed by atoms with van der Waals surface area (Å²) in [4.78, 5) is 11.4. The normalized spacial score (nSPS) is 14.5. The number of para-hydroxylation sites is 1. The molecule has 2 aromatic rings. The van der Waals surface area contributed by atoms with Crippen LogP contribution in [-0.2, 0) is 29.1 Å². The summed E-state index contributed by atoms with van der Waals surface area (Å²) in [5.74, 6) is -0.807. The van der Waals surface area contributed by atoms with Crippen molar-refractivity contribution in [1.29, 1.82) is 0 Å². The van der Waals surface area contributed by atoms with Crippen LogP contribution in [0.3, 0.4) is 0 Å². The number of nitrogens with zero attached hydrogens (tertiary/aromatic N) is 2. The monoisotopic (exact) mass is 359 g/mol. The number of rotatable bonds is 7. The summed E-state index contributed by atoms with van der Waals surface area (Å²) in [5.41, 5.74) is 0.388. The third kappa shape index (κ3) is 5.49. The quantitative estimate of drug-likeness (QED) is 0.767. The molecule has 0 fully saturated rings. The van der Waals surface area contributed by atoms with Gasteiger partial charge < -0.3 is 14.6 Å². The van der Waals surface area contributed by atoms with Crippen molar-refractivity contribution >= 4 is 5.97 Å². The topological polar surface area (TPSA) is 73.6 Å². The highest BCUT2D eigenvalue weighted by molar-refractivity contribution is 5.74. The van der Waals surface area contributed by atoms with E-state index in [1.54, 1.807) is 12.1 Å². The molecule has 1 heterocycles. The zero-order valence-electron chi connectivity index (χ0n) is 14.2. The van der Waals surface area contributed by atoms with E-state index >= 15 is 0 Å². The maximum absolute atomic E-state index is 12.5. The van der Waals surface area contributed by atoms with E-state index in [4.69, 9.17) is 6.11 Å². The van der Waals surface area contributed by atoms with Crippen LogP contribution in [0.5, 0.6) is 5.75 Å². The maximum Gasteiger partial charge on any atom is 0.408 e. The van der Waals surface area contributed by atoms with E-state index in [0.717, 1.165) is 11.8 Å². The molecule has 1 N–H and O–H groups in total. The molecule has 2 atom stereocenters. The standard InChI is InChI=1S/C16H17F3N2O4/c1-24-15(23)13(22)8-11-4-2-3-5-14(11)25-9-12-6-7-20-21(12)10-16(17,18)19/h2-7,13,22H,8-10H2,1H3/t13-/m0/s1/i8D/t8-,13-. The lowest BCUT2D eigenvalue weighted by molar-refractivity contribution is -0.150. The number of aliphatic hydroxyl groups excluding tert-OH is 1.